The Bertz CT molecular complexity index is 481. The topological polar surface area (TPSA) is 29.1 Å². The summed E-state index contributed by atoms with van der Waals surface area (Å²) in [6.07, 6.45) is 4.53. The van der Waals surface area contributed by atoms with Crippen LogP contribution in [0.15, 0.2) is 23.1 Å². The molecular formula is C15H19F2NOS. The van der Waals surface area contributed by atoms with Gasteiger partial charge in [0.15, 0.2) is 0 Å². The molecular weight excluding hydrogens is 280 g/mol. The van der Waals surface area contributed by atoms with Crippen LogP contribution in [-0.4, -0.2) is 17.7 Å². The van der Waals surface area contributed by atoms with Crippen LogP contribution >= 0.6 is 11.8 Å². The molecule has 1 aromatic carbocycles. The molecule has 2 atom stereocenters. The van der Waals surface area contributed by atoms with Crippen LogP contribution in [0.2, 0.25) is 0 Å². The third-order valence-electron chi connectivity index (χ3n) is 3.71. The summed E-state index contributed by atoms with van der Waals surface area (Å²) in [5.74, 6) is -0.648. The Morgan fingerprint density at radius 2 is 2.10 bits per heavy atom. The average molecular weight is 299 g/mol. The Morgan fingerprint density at radius 3 is 2.80 bits per heavy atom. The Morgan fingerprint density at radius 1 is 1.35 bits per heavy atom. The van der Waals surface area contributed by atoms with Gasteiger partial charge in [0.2, 0.25) is 5.91 Å². The quantitative estimate of drug-likeness (QED) is 0.858. The first kappa shape index (κ1) is 15.3. The normalized spacial score (nSPS) is 22.6. The van der Waals surface area contributed by atoms with E-state index in [1.165, 1.54) is 18.6 Å². The minimum absolute atomic E-state index is 0.0857. The van der Waals surface area contributed by atoms with Crippen LogP contribution in [0.25, 0.3) is 0 Å². The van der Waals surface area contributed by atoms with Crippen LogP contribution in [0.3, 0.4) is 0 Å². The van der Waals surface area contributed by atoms with Crippen molar-refractivity contribution in [2.45, 2.75) is 43.5 Å². The summed E-state index contributed by atoms with van der Waals surface area (Å²) in [5.41, 5.74) is 0. The molecule has 1 aliphatic carbocycles. The molecule has 1 aromatic rings. The van der Waals surface area contributed by atoms with Gasteiger partial charge in [-0.05, 0) is 30.9 Å². The molecule has 2 rings (SSSR count). The van der Waals surface area contributed by atoms with Crippen LogP contribution in [0.1, 0.15) is 32.6 Å². The van der Waals surface area contributed by atoms with E-state index in [9.17, 15) is 13.6 Å². The first-order valence-electron chi connectivity index (χ1n) is 6.93. The molecule has 0 bridgehead atoms. The van der Waals surface area contributed by atoms with Gasteiger partial charge in [-0.2, -0.15) is 0 Å². The third-order valence-corrected chi connectivity index (χ3v) is 4.76. The van der Waals surface area contributed by atoms with Gasteiger partial charge in [-0.25, -0.2) is 8.78 Å². The molecule has 0 radical (unpaired) electrons. The van der Waals surface area contributed by atoms with Gasteiger partial charge in [0, 0.05) is 17.0 Å². The van der Waals surface area contributed by atoms with Gasteiger partial charge < -0.3 is 5.32 Å². The number of thioether (sulfide) groups is 1. The first-order chi connectivity index (χ1) is 9.56. The zero-order valence-corrected chi connectivity index (χ0v) is 12.3. The van der Waals surface area contributed by atoms with E-state index in [1.807, 2.05) is 0 Å². The fourth-order valence-corrected chi connectivity index (χ4v) is 3.25. The number of benzene rings is 1. The summed E-state index contributed by atoms with van der Waals surface area (Å²) in [4.78, 5) is 12.2. The molecule has 110 valence electrons. The van der Waals surface area contributed by atoms with E-state index >= 15 is 0 Å². The lowest BCUT2D eigenvalue weighted by atomic mass is 9.86. The van der Waals surface area contributed by atoms with Gasteiger partial charge in [-0.1, -0.05) is 19.8 Å². The average Bonchev–Trinajstić information content (AvgIpc) is 2.40. The smallest absolute Gasteiger partial charge is 0.230 e. The predicted octanol–water partition coefficient (Wildman–Crippen LogP) is 3.75. The Kier molecular flexibility index (Phi) is 5.40. The molecule has 5 heteroatoms. The van der Waals surface area contributed by atoms with E-state index in [1.54, 1.807) is 0 Å². The van der Waals surface area contributed by atoms with Gasteiger partial charge in [-0.3, -0.25) is 4.79 Å². The third kappa shape index (κ3) is 4.20. The summed E-state index contributed by atoms with van der Waals surface area (Å²) in [7, 11) is 0. The predicted molar refractivity (Wildman–Crippen MR) is 76.6 cm³/mol. The van der Waals surface area contributed by atoms with Crippen molar-refractivity contribution in [3.05, 3.63) is 29.8 Å². The van der Waals surface area contributed by atoms with E-state index in [-0.39, 0.29) is 17.7 Å². The lowest BCUT2D eigenvalue weighted by Crippen LogP contribution is -2.41. The zero-order chi connectivity index (χ0) is 14.5. The molecule has 1 fully saturated rings. The highest BCUT2D eigenvalue weighted by Crippen LogP contribution is 2.25. The molecule has 1 saturated carbocycles. The largest absolute Gasteiger partial charge is 0.352 e. The first-order valence-corrected chi connectivity index (χ1v) is 7.92. The number of hydrogen-bond acceptors (Lipinski definition) is 2. The molecule has 2 nitrogen and oxygen atoms in total. The molecule has 0 unspecified atom stereocenters. The van der Waals surface area contributed by atoms with Gasteiger partial charge >= 0.3 is 0 Å². The fraction of sp³-hybridized carbons (Fsp3) is 0.533. The lowest BCUT2D eigenvalue weighted by Gasteiger charge is -2.29. The maximum atomic E-state index is 13.4. The number of halogens is 2. The molecule has 0 aliphatic heterocycles. The minimum Gasteiger partial charge on any atom is -0.352 e. The highest BCUT2D eigenvalue weighted by Gasteiger charge is 2.22. The standard InChI is InChI=1S/C15H19F2NOS/c1-10-4-2-3-5-13(10)18-15(19)9-20-14-7-6-11(16)8-12(14)17/h6-8,10,13H,2-5,9H2,1H3,(H,18,19)/t10-,13+/m1/s1. The van der Waals surface area contributed by atoms with E-state index < -0.39 is 11.6 Å². The number of carbonyl (C=O) groups is 1. The van der Waals surface area contributed by atoms with Crippen LogP contribution in [0.5, 0.6) is 0 Å². The molecule has 0 aromatic heterocycles. The maximum absolute atomic E-state index is 13.4. The number of carbonyl (C=O) groups excluding carboxylic acids is 1. The van der Waals surface area contributed by atoms with E-state index in [0.717, 1.165) is 37.1 Å². The van der Waals surface area contributed by atoms with Crippen molar-refractivity contribution < 1.29 is 13.6 Å². The molecule has 1 aliphatic rings. The van der Waals surface area contributed by atoms with Gasteiger partial charge in [0.05, 0.1) is 5.75 Å². The zero-order valence-electron chi connectivity index (χ0n) is 11.5. The second-order valence-corrected chi connectivity index (χ2v) is 6.32. The van der Waals surface area contributed by atoms with Crippen molar-refractivity contribution in [3.63, 3.8) is 0 Å². The van der Waals surface area contributed by atoms with Crippen molar-refractivity contribution >= 4 is 17.7 Å². The summed E-state index contributed by atoms with van der Waals surface area (Å²) in [6, 6.07) is 3.64. The number of nitrogens with one attached hydrogen (secondary N) is 1. The number of amides is 1. The monoisotopic (exact) mass is 299 g/mol. The Hall–Kier alpha value is -1.10. The van der Waals surface area contributed by atoms with E-state index in [0.29, 0.717) is 10.8 Å². The second kappa shape index (κ2) is 7.07. The van der Waals surface area contributed by atoms with E-state index in [4.69, 9.17) is 0 Å². The number of rotatable bonds is 4. The maximum Gasteiger partial charge on any atom is 0.230 e. The summed E-state index contributed by atoms with van der Waals surface area (Å²) >= 11 is 1.10. The SMILES string of the molecule is C[C@@H]1CCCC[C@@H]1NC(=O)CSc1ccc(F)cc1F. The molecule has 1 amide bonds. The summed E-state index contributed by atoms with van der Waals surface area (Å²) in [6.45, 7) is 2.15. The number of hydrogen-bond donors (Lipinski definition) is 1. The molecule has 1 N–H and O–H groups in total. The van der Waals surface area contributed by atoms with Gasteiger partial charge in [0.1, 0.15) is 11.6 Å². The molecule has 0 saturated heterocycles. The second-order valence-electron chi connectivity index (χ2n) is 5.30. The highest BCUT2D eigenvalue weighted by molar-refractivity contribution is 8.00. The summed E-state index contributed by atoms with van der Waals surface area (Å²) < 4.78 is 26.2. The fourth-order valence-electron chi connectivity index (χ4n) is 2.51. The van der Waals surface area contributed by atoms with E-state index in [2.05, 4.69) is 12.2 Å². The summed E-state index contributed by atoms with van der Waals surface area (Å²) in [5, 5.41) is 3.01. The molecule has 0 spiro atoms. The van der Waals surface area contributed by atoms with Crippen molar-refractivity contribution in [1.82, 2.24) is 5.32 Å². The lowest BCUT2D eigenvalue weighted by molar-refractivity contribution is -0.119. The van der Waals surface area contributed by atoms with Gasteiger partial charge in [0.25, 0.3) is 0 Å². The van der Waals surface area contributed by atoms with Crippen molar-refractivity contribution in [2.75, 3.05) is 5.75 Å². The Balaban J connectivity index is 1.82. The Labute approximate surface area is 122 Å². The van der Waals surface area contributed by atoms with Crippen LogP contribution in [0, 0.1) is 17.6 Å². The molecule has 20 heavy (non-hydrogen) atoms. The molecule has 0 heterocycles. The minimum atomic E-state index is -0.617. The van der Waals surface area contributed by atoms with Crippen LogP contribution in [-0.2, 0) is 4.79 Å². The van der Waals surface area contributed by atoms with Crippen LogP contribution < -0.4 is 5.32 Å². The van der Waals surface area contributed by atoms with Crippen molar-refractivity contribution in [1.29, 1.82) is 0 Å². The van der Waals surface area contributed by atoms with Crippen molar-refractivity contribution in [2.24, 2.45) is 5.92 Å². The highest BCUT2D eigenvalue weighted by atomic mass is 32.2. The van der Waals surface area contributed by atoms with Gasteiger partial charge in [-0.15, -0.1) is 11.8 Å². The van der Waals surface area contributed by atoms with Crippen molar-refractivity contribution in [3.8, 4) is 0 Å². The van der Waals surface area contributed by atoms with Crippen LogP contribution in [0.4, 0.5) is 8.78 Å².